The predicted octanol–water partition coefficient (Wildman–Crippen LogP) is 1.93. The Labute approximate surface area is 180 Å². The van der Waals surface area contributed by atoms with Gasteiger partial charge in [0.2, 0.25) is 10.0 Å². The summed E-state index contributed by atoms with van der Waals surface area (Å²) in [5.74, 6) is 0.624. The zero-order valence-corrected chi connectivity index (χ0v) is 17.9. The van der Waals surface area contributed by atoms with Crippen molar-refractivity contribution in [2.45, 2.75) is 42.7 Å². The highest BCUT2D eigenvalue weighted by Crippen LogP contribution is 2.27. The molecule has 1 aromatic carbocycles. The summed E-state index contributed by atoms with van der Waals surface area (Å²) in [5, 5.41) is 20.7. The highest BCUT2D eigenvalue weighted by atomic mass is 32.2. The average Bonchev–Trinajstić information content (AvgIpc) is 3.19. The first kappa shape index (κ1) is 21.0. The maximum Gasteiger partial charge on any atom is 0.240 e. The molecule has 0 unspecified atom stereocenters. The molecule has 0 aliphatic heterocycles. The van der Waals surface area contributed by atoms with Gasteiger partial charge in [-0.05, 0) is 57.0 Å². The molecule has 0 bridgehead atoms. The van der Waals surface area contributed by atoms with E-state index in [9.17, 15) is 13.7 Å². The van der Waals surface area contributed by atoms with Gasteiger partial charge in [-0.25, -0.2) is 18.1 Å². The second kappa shape index (κ2) is 8.50. The molecule has 2 aromatic heterocycles. The Morgan fingerprint density at radius 2 is 1.90 bits per heavy atom. The van der Waals surface area contributed by atoms with Gasteiger partial charge in [-0.1, -0.05) is 0 Å². The van der Waals surface area contributed by atoms with Gasteiger partial charge in [0.05, 0.1) is 16.8 Å². The number of nitriles is 1. The highest BCUT2D eigenvalue weighted by Gasteiger charge is 2.20. The second-order valence-corrected chi connectivity index (χ2v) is 9.43. The van der Waals surface area contributed by atoms with E-state index in [1.165, 1.54) is 29.9 Å². The Kier molecular flexibility index (Phi) is 5.77. The molecule has 10 nitrogen and oxygen atoms in total. The molecule has 11 heteroatoms. The van der Waals surface area contributed by atoms with E-state index < -0.39 is 10.0 Å². The average molecular weight is 441 g/mol. The number of hydrogen-bond donors (Lipinski definition) is 4. The zero-order valence-electron chi connectivity index (χ0n) is 17.0. The zero-order chi connectivity index (χ0) is 22.0. The standard InChI is InChI=1S/C20H24N8O2S/c1-23-31(29,30)17-8-6-14(7-9-17)25-18-10-19(26-15-4-2-13(22)3-5-15)27-28-16(11-21)12-24-20(18)28/h6-10,12-13,15,23,25H,2-5,22H2,1H3,(H,26,27)/t13-,15-. The van der Waals surface area contributed by atoms with Crippen molar-refractivity contribution in [1.82, 2.24) is 19.3 Å². The lowest BCUT2D eigenvalue weighted by Gasteiger charge is -2.27. The molecule has 4 rings (SSSR count). The third kappa shape index (κ3) is 4.46. The lowest BCUT2D eigenvalue weighted by molar-refractivity contribution is 0.410. The molecular formula is C20H24N8O2S. The Hall–Kier alpha value is -3.20. The number of aromatic nitrogens is 3. The summed E-state index contributed by atoms with van der Waals surface area (Å²) in [4.78, 5) is 4.49. The van der Waals surface area contributed by atoms with Gasteiger partial charge < -0.3 is 16.4 Å². The normalized spacial score (nSPS) is 19.1. The summed E-state index contributed by atoms with van der Waals surface area (Å²) in [6.07, 6.45) is 5.31. The maximum absolute atomic E-state index is 11.9. The summed E-state index contributed by atoms with van der Waals surface area (Å²) in [6.45, 7) is 0. The number of fused-ring (bicyclic) bond motifs is 1. The third-order valence-electron chi connectivity index (χ3n) is 5.42. The lowest BCUT2D eigenvalue weighted by atomic mass is 9.92. The minimum absolute atomic E-state index is 0.172. The molecule has 2 heterocycles. The monoisotopic (exact) mass is 440 g/mol. The number of anilines is 3. The van der Waals surface area contributed by atoms with Gasteiger partial charge in [-0.15, -0.1) is 5.10 Å². The van der Waals surface area contributed by atoms with Gasteiger partial charge in [0, 0.05) is 23.8 Å². The summed E-state index contributed by atoms with van der Waals surface area (Å²) >= 11 is 0. The second-order valence-electron chi connectivity index (χ2n) is 7.55. The molecule has 3 aromatic rings. The number of nitrogens with two attached hydrogens (primary N) is 1. The Morgan fingerprint density at radius 1 is 1.19 bits per heavy atom. The summed E-state index contributed by atoms with van der Waals surface area (Å²) in [7, 11) is -2.14. The predicted molar refractivity (Wildman–Crippen MR) is 118 cm³/mol. The van der Waals surface area contributed by atoms with Crippen molar-refractivity contribution in [3.8, 4) is 6.07 Å². The first-order valence-electron chi connectivity index (χ1n) is 10.0. The van der Waals surface area contributed by atoms with E-state index in [1.807, 2.05) is 6.07 Å². The van der Waals surface area contributed by atoms with Crippen LogP contribution in [-0.2, 0) is 10.0 Å². The number of hydrogen-bond acceptors (Lipinski definition) is 8. The van der Waals surface area contributed by atoms with Crippen LogP contribution in [0.5, 0.6) is 0 Å². The van der Waals surface area contributed by atoms with Crippen molar-refractivity contribution in [1.29, 1.82) is 5.26 Å². The summed E-state index contributed by atoms with van der Waals surface area (Å²) in [6, 6.07) is 10.8. The van der Waals surface area contributed by atoms with Gasteiger partial charge in [-0.2, -0.15) is 9.78 Å². The minimum Gasteiger partial charge on any atom is -0.366 e. The molecule has 1 aliphatic carbocycles. The molecule has 0 saturated heterocycles. The van der Waals surface area contributed by atoms with Crippen LogP contribution in [0.15, 0.2) is 41.4 Å². The fraction of sp³-hybridized carbons (Fsp3) is 0.350. The Balaban J connectivity index is 1.65. The van der Waals surface area contributed by atoms with Crippen molar-refractivity contribution in [3.05, 3.63) is 42.2 Å². The molecule has 1 fully saturated rings. The van der Waals surface area contributed by atoms with Gasteiger partial charge in [-0.3, -0.25) is 0 Å². The van der Waals surface area contributed by atoms with Crippen LogP contribution < -0.4 is 21.1 Å². The quantitative estimate of drug-likeness (QED) is 0.454. The van der Waals surface area contributed by atoms with E-state index in [-0.39, 0.29) is 17.0 Å². The van der Waals surface area contributed by atoms with Crippen molar-refractivity contribution in [3.63, 3.8) is 0 Å². The molecule has 1 saturated carbocycles. The van der Waals surface area contributed by atoms with E-state index in [1.54, 1.807) is 12.1 Å². The number of benzene rings is 1. The third-order valence-corrected chi connectivity index (χ3v) is 6.85. The van der Waals surface area contributed by atoms with Crippen LogP contribution in [0.25, 0.3) is 5.65 Å². The maximum atomic E-state index is 11.9. The van der Waals surface area contributed by atoms with Crippen LogP contribution >= 0.6 is 0 Å². The van der Waals surface area contributed by atoms with Crippen LogP contribution in [-0.4, -0.2) is 42.1 Å². The Bertz CT molecular complexity index is 1220. The Morgan fingerprint density at radius 3 is 2.55 bits per heavy atom. The van der Waals surface area contributed by atoms with E-state index in [4.69, 9.17) is 5.73 Å². The number of nitrogens with zero attached hydrogens (tertiary/aromatic N) is 4. The number of sulfonamides is 1. The van der Waals surface area contributed by atoms with E-state index >= 15 is 0 Å². The van der Waals surface area contributed by atoms with E-state index in [0.717, 1.165) is 25.7 Å². The fourth-order valence-corrected chi connectivity index (χ4v) is 4.40. The summed E-state index contributed by atoms with van der Waals surface area (Å²) < 4.78 is 27.7. The molecule has 0 spiro atoms. The van der Waals surface area contributed by atoms with Crippen LogP contribution in [0.3, 0.4) is 0 Å². The van der Waals surface area contributed by atoms with Crippen LogP contribution in [0, 0.1) is 11.3 Å². The number of imidazole rings is 1. The first-order valence-corrected chi connectivity index (χ1v) is 11.5. The van der Waals surface area contributed by atoms with Crippen molar-refractivity contribution in [2.24, 2.45) is 5.73 Å². The van der Waals surface area contributed by atoms with Crippen LogP contribution in [0.1, 0.15) is 31.4 Å². The molecule has 31 heavy (non-hydrogen) atoms. The summed E-state index contributed by atoms with van der Waals surface area (Å²) in [5.41, 5.74) is 8.15. The molecule has 1 aliphatic rings. The van der Waals surface area contributed by atoms with Gasteiger partial charge in [0.1, 0.15) is 11.9 Å². The molecule has 5 N–H and O–H groups in total. The molecular weight excluding hydrogens is 416 g/mol. The van der Waals surface area contributed by atoms with Crippen molar-refractivity contribution >= 4 is 32.9 Å². The number of nitrogens with one attached hydrogen (secondary N) is 3. The van der Waals surface area contributed by atoms with Crippen molar-refractivity contribution in [2.75, 3.05) is 17.7 Å². The van der Waals surface area contributed by atoms with Gasteiger partial charge in [0.15, 0.2) is 11.3 Å². The largest absolute Gasteiger partial charge is 0.366 e. The SMILES string of the molecule is CNS(=O)(=O)c1ccc(Nc2cc(N[C@H]3CC[C@H](N)CC3)nn3c(C#N)cnc23)cc1. The highest BCUT2D eigenvalue weighted by molar-refractivity contribution is 7.89. The number of rotatable bonds is 6. The minimum atomic E-state index is -3.51. The first-order chi connectivity index (χ1) is 14.9. The molecule has 0 atom stereocenters. The van der Waals surface area contributed by atoms with Gasteiger partial charge >= 0.3 is 0 Å². The smallest absolute Gasteiger partial charge is 0.240 e. The topological polar surface area (TPSA) is 150 Å². The van der Waals surface area contributed by atoms with E-state index in [2.05, 4.69) is 31.5 Å². The molecule has 0 amide bonds. The van der Waals surface area contributed by atoms with Crippen molar-refractivity contribution < 1.29 is 8.42 Å². The van der Waals surface area contributed by atoms with Crippen LogP contribution in [0.2, 0.25) is 0 Å². The molecule has 0 radical (unpaired) electrons. The lowest BCUT2D eigenvalue weighted by Crippen LogP contribution is -2.33. The fourth-order valence-electron chi connectivity index (χ4n) is 3.67. The van der Waals surface area contributed by atoms with Crippen LogP contribution in [0.4, 0.5) is 17.2 Å². The van der Waals surface area contributed by atoms with E-state index in [0.29, 0.717) is 28.5 Å². The van der Waals surface area contributed by atoms with Gasteiger partial charge in [0.25, 0.3) is 0 Å². The molecule has 162 valence electrons.